The first-order chi connectivity index (χ1) is 7.93. The molecule has 0 aliphatic carbocycles. The summed E-state index contributed by atoms with van der Waals surface area (Å²) in [6, 6.07) is 8.96. The van der Waals surface area contributed by atoms with Gasteiger partial charge < -0.3 is 0 Å². The average molecular weight is 282 g/mol. The molecule has 0 spiro atoms. The molecule has 0 radical (unpaired) electrons. The van der Waals surface area contributed by atoms with Crippen LogP contribution in [0.3, 0.4) is 0 Å². The molecular formula is C12H10S4. The molecule has 4 heteroatoms. The molecule has 0 saturated heterocycles. The minimum atomic E-state index is 1.16. The van der Waals surface area contributed by atoms with Crippen molar-refractivity contribution in [1.29, 1.82) is 0 Å². The predicted molar refractivity (Wildman–Crippen MR) is 82.5 cm³/mol. The third-order valence-electron chi connectivity index (χ3n) is 2.40. The van der Waals surface area contributed by atoms with Crippen molar-refractivity contribution in [3.05, 3.63) is 46.2 Å². The van der Waals surface area contributed by atoms with Crippen LogP contribution in [0.5, 0.6) is 0 Å². The number of benzene rings is 1. The largest absolute Gasteiger partial charge is 0.122 e. The zero-order valence-corrected chi connectivity index (χ0v) is 11.8. The molecule has 0 nitrogen and oxygen atoms in total. The van der Waals surface area contributed by atoms with Gasteiger partial charge in [-0.15, -0.1) is 47.0 Å². The van der Waals surface area contributed by atoms with Crippen LogP contribution in [0.2, 0.25) is 0 Å². The Labute approximate surface area is 113 Å². The number of thioether (sulfide) groups is 4. The van der Waals surface area contributed by atoms with Gasteiger partial charge in [0.25, 0.3) is 0 Å². The maximum atomic E-state index is 2.26. The summed E-state index contributed by atoms with van der Waals surface area (Å²) in [5.74, 6) is 0. The molecule has 2 aliphatic rings. The monoisotopic (exact) mass is 282 g/mol. The zero-order chi connectivity index (χ0) is 10.8. The Kier molecular flexibility index (Phi) is 3.62. The third kappa shape index (κ3) is 2.35. The van der Waals surface area contributed by atoms with E-state index in [1.54, 1.807) is 0 Å². The molecule has 0 amide bonds. The van der Waals surface area contributed by atoms with E-state index in [9.17, 15) is 0 Å². The van der Waals surface area contributed by atoms with Crippen molar-refractivity contribution in [1.82, 2.24) is 0 Å². The van der Waals surface area contributed by atoms with Gasteiger partial charge in [0.2, 0.25) is 0 Å². The molecule has 2 aliphatic heterocycles. The maximum Gasteiger partial charge on any atom is 0.0481 e. The van der Waals surface area contributed by atoms with Gasteiger partial charge in [-0.25, -0.2) is 0 Å². The Balaban J connectivity index is 1.84. The van der Waals surface area contributed by atoms with Gasteiger partial charge in [0.1, 0.15) is 0 Å². The Morgan fingerprint density at radius 2 is 1.12 bits per heavy atom. The Bertz CT molecular complexity index is 402. The summed E-state index contributed by atoms with van der Waals surface area (Å²) in [7, 11) is 0. The van der Waals surface area contributed by atoms with E-state index in [1.165, 1.54) is 20.9 Å². The van der Waals surface area contributed by atoms with Crippen molar-refractivity contribution in [2.24, 2.45) is 0 Å². The second-order valence-electron chi connectivity index (χ2n) is 3.40. The SMILES string of the molecule is C1=C(c2ccc(C3=CSCS3)cc2)SCS1. The highest BCUT2D eigenvalue weighted by atomic mass is 32.2. The van der Waals surface area contributed by atoms with Crippen molar-refractivity contribution in [3.8, 4) is 0 Å². The highest BCUT2D eigenvalue weighted by Crippen LogP contribution is 2.41. The van der Waals surface area contributed by atoms with E-state index in [0.29, 0.717) is 0 Å². The van der Waals surface area contributed by atoms with Crippen LogP contribution in [0.4, 0.5) is 0 Å². The summed E-state index contributed by atoms with van der Waals surface area (Å²) in [5, 5.41) is 6.85. The minimum Gasteiger partial charge on any atom is -0.122 e. The lowest BCUT2D eigenvalue weighted by Gasteiger charge is -2.04. The van der Waals surface area contributed by atoms with Crippen molar-refractivity contribution < 1.29 is 0 Å². The minimum absolute atomic E-state index is 1.16. The van der Waals surface area contributed by atoms with Gasteiger partial charge in [0.05, 0.1) is 0 Å². The Hall–Kier alpha value is 0.1000. The topological polar surface area (TPSA) is 0 Å². The molecule has 0 unspecified atom stereocenters. The Morgan fingerprint density at radius 3 is 1.44 bits per heavy atom. The van der Waals surface area contributed by atoms with Gasteiger partial charge >= 0.3 is 0 Å². The molecule has 1 aromatic rings. The van der Waals surface area contributed by atoms with Crippen LogP contribution in [-0.4, -0.2) is 10.2 Å². The number of rotatable bonds is 2. The summed E-state index contributed by atoms with van der Waals surface area (Å²) < 4.78 is 0. The Morgan fingerprint density at radius 1 is 0.688 bits per heavy atom. The average Bonchev–Trinajstić information content (AvgIpc) is 3.03. The van der Waals surface area contributed by atoms with E-state index < -0.39 is 0 Å². The molecule has 0 bridgehead atoms. The summed E-state index contributed by atoms with van der Waals surface area (Å²) in [4.78, 5) is 2.83. The van der Waals surface area contributed by atoms with E-state index >= 15 is 0 Å². The number of hydrogen-bond donors (Lipinski definition) is 0. The first kappa shape index (κ1) is 11.2. The summed E-state index contributed by atoms with van der Waals surface area (Å²) in [6.45, 7) is 0. The highest BCUT2D eigenvalue weighted by molar-refractivity contribution is 8.25. The quantitative estimate of drug-likeness (QED) is 0.734. The van der Waals surface area contributed by atoms with Gasteiger partial charge in [-0.2, -0.15) is 0 Å². The third-order valence-corrected chi connectivity index (χ3v) is 6.86. The van der Waals surface area contributed by atoms with Crippen LogP contribution in [0, 0.1) is 0 Å². The second-order valence-corrected chi connectivity index (χ2v) is 7.88. The fraction of sp³-hybridized carbons (Fsp3) is 0.167. The van der Waals surface area contributed by atoms with Gasteiger partial charge in [0, 0.05) is 20.0 Å². The molecule has 0 N–H and O–H groups in total. The molecular weight excluding hydrogens is 272 g/mol. The van der Waals surface area contributed by atoms with E-state index in [2.05, 4.69) is 35.1 Å². The fourth-order valence-electron chi connectivity index (χ4n) is 1.58. The lowest BCUT2D eigenvalue weighted by molar-refractivity contribution is 1.61. The van der Waals surface area contributed by atoms with Gasteiger partial charge in [-0.3, -0.25) is 0 Å². The molecule has 0 fully saturated rings. The lowest BCUT2D eigenvalue weighted by atomic mass is 10.1. The zero-order valence-electron chi connectivity index (χ0n) is 8.51. The van der Waals surface area contributed by atoms with Crippen molar-refractivity contribution in [2.75, 3.05) is 10.2 Å². The van der Waals surface area contributed by atoms with E-state index in [4.69, 9.17) is 0 Å². The smallest absolute Gasteiger partial charge is 0.0481 e. The van der Waals surface area contributed by atoms with Crippen LogP contribution in [0.15, 0.2) is 35.1 Å². The molecule has 0 aromatic heterocycles. The van der Waals surface area contributed by atoms with Crippen LogP contribution in [-0.2, 0) is 0 Å². The van der Waals surface area contributed by atoms with Gasteiger partial charge in [0.15, 0.2) is 0 Å². The summed E-state index contributed by atoms with van der Waals surface area (Å²) in [6.07, 6.45) is 0. The van der Waals surface area contributed by atoms with E-state index in [0.717, 1.165) is 10.2 Å². The van der Waals surface area contributed by atoms with Crippen molar-refractivity contribution >= 4 is 56.9 Å². The maximum absolute atomic E-state index is 2.26. The van der Waals surface area contributed by atoms with Crippen molar-refractivity contribution in [3.63, 3.8) is 0 Å². The summed E-state index contributed by atoms with van der Waals surface area (Å²) >= 11 is 7.64. The molecule has 1 aromatic carbocycles. The fourth-order valence-corrected chi connectivity index (χ4v) is 5.82. The van der Waals surface area contributed by atoms with Gasteiger partial charge in [-0.1, -0.05) is 24.3 Å². The second kappa shape index (κ2) is 5.17. The van der Waals surface area contributed by atoms with E-state index in [-0.39, 0.29) is 0 Å². The van der Waals surface area contributed by atoms with Crippen LogP contribution in [0.25, 0.3) is 9.81 Å². The molecule has 0 saturated carbocycles. The lowest BCUT2D eigenvalue weighted by Crippen LogP contribution is -1.81. The van der Waals surface area contributed by atoms with E-state index in [1.807, 2.05) is 47.0 Å². The van der Waals surface area contributed by atoms with Crippen LogP contribution < -0.4 is 0 Å². The predicted octanol–water partition coefficient (Wildman–Crippen LogP) is 5.16. The summed E-state index contributed by atoms with van der Waals surface area (Å²) in [5.41, 5.74) is 2.71. The van der Waals surface area contributed by atoms with Gasteiger partial charge in [-0.05, 0) is 21.9 Å². The van der Waals surface area contributed by atoms with Crippen LogP contribution in [0.1, 0.15) is 11.1 Å². The molecule has 0 atom stereocenters. The highest BCUT2D eigenvalue weighted by Gasteiger charge is 2.11. The van der Waals surface area contributed by atoms with Crippen LogP contribution >= 0.6 is 47.0 Å². The molecule has 2 heterocycles. The first-order valence-corrected chi connectivity index (χ1v) is 9.00. The number of hydrogen-bond acceptors (Lipinski definition) is 4. The molecule has 3 rings (SSSR count). The van der Waals surface area contributed by atoms with Crippen molar-refractivity contribution in [2.45, 2.75) is 0 Å². The molecule has 16 heavy (non-hydrogen) atoms. The standard InChI is InChI=1S/C12H10S4/c1-2-10(12-6-14-8-16-12)4-3-9(1)11-5-13-7-15-11/h1-6H,7-8H2. The first-order valence-electron chi connectivity index (χ1n) is 4.93. The molecule has 82 valence electrons. The normalized spacial score (nSPS) is 19.8.